The van der Waals surface area contributed by atoms with Gasteiger partial charge in [-0.05, 0) is 33.0 Å². The van der Waals surface area contributed by atoms with Crippen LogP contribution >= 0.6 is 0 Å². The van der Waals surface area contributed by atoms with Gasteiger partial charge in [0, 0.05) is 31.2 Å². The van der Waals surface area contributed by atoms with Crippen LogP contribution in [0.15, 0.2) is 30.5 Å². The Balaban J connectivity index is 1.71. The van der Waals surface area contributed by atoms with Crippen molar-refractivity contribution in [3.8, 4) is 17.1 Å². The van der Waals surface area contributed by atoms with Crippen molar-refractivity contribution in [3.05, 3.63) is 30.5 Å². The van der Waals surface area contributed by atoms with Gasteiger partial charge in [0.1, 0.15) is 24.3 Å². The molecule has 0 spiro atoms. The molecule has 0 saturated carbocycles. The summed E-state index contributed by atoms with van der Waals surface area (Å²) in [5.74, 6) is 2.17. The number of hydrogen-bond acceptors (Lipinski definition) is 8. The molecule has 166 valence electrons. The number of rotatable bonds is 8. The molecule has 2 aromatic heterocycles. The second-order valence-electron chi connectivity index (χ2n) is 7.94. The monoisotopic (exact) mass is 426 g/mol. The van der Waals surface area contributed by atoms with Crippen LogP contribution in [-0.4, -0.2) is 77.5 Å². The van der Waals surface area contributed by atoms with Crippen LogP contribution in [0.5, 0.6) is 5.75 Å². The van der Waals surface area contributed by atoms with Crippen LogP contribution in [0.25, 0.3) is 22.4 Å². The molecule has 1 saturated heterocycles. The molecular formula is C22H30N6O3. The number of nitrogens with zero attached hydrogens (tertiary/aromatic N) is 5. The predicted molar refractivity (Wildman–Crippen MR) is 120 cm³/mol. The SMILES string of the molecule is CNCC(O)COc1cccc(-c2nc(N3CCOCC3)c3cnn(C(C)C)c3n2)c1. The number of ether oxygens (including phenoxy) is 2. The van der Waals surface area contributed by atoms with Gasteiger partial charge in [0.15, 0.2) is 11.5 Å². The molecule has 1 aliphatic rings. The van der Waals surface area contributed by atoms with Crippen molar-refractivity contribution in [2.45, 2.75) is 26.0 Å². The zero-order valence-electron chi connectivity index (χ0n) is 18.3. The number of aliphatic hydroxyl groups excluding tert-OH is 1. The Morgan fingerprint density at radius 3 is 2.77 bits per heavy atom. The van der Waals surface area contributed by atoms with E-state index in [1.54, 1.807) is 7.05 Å². The van der Waals surface area contributed by atoms with Crippen LogP contribution in [0.3, 0.4) is 0 Å². The highest BCUT2D eigenvalue weighted by Crippen LogP contribution is 2.30. The molecule has 31 heavy (non-hydrogen) atoms. The highest BCUT2D eigenvalue weighted by Gasteiger charge is 2.21. The van der Waals surface area contributed by atoms with Crippen molar-refractivity contribution in [1.29, 1.82) is 0 Å². The molecular weight excluding hydrogens is 396 g/mol. The third-order valence-electron chi connectivity index (χ3n) is 5.21. The van der Waals surface area contributed by atoms with Crippen molar-refractivity contribution in [1.82, 2.24) is 25.1 Å². The van der Waals surface area contributed by atoms with Gasteiger partial charge in [-0.2, -0.15) is 5.10 Å². The summed E-state index contributed by atoms with van der Waals surface area (Å²) in [7, 11) is 1.80. The Bertz CT molecular complexity index is 1020. The number of aliphatic hydroxyl groups is 1. The zero-order chi connectivity index (χ0) is 21.8. The van der Waals surface area contributed by atoms with E-state index in [9.17, 15) is 5.11 Å². The van der Waals surface area contributed by atoms with Gasteiger partial charge in [-0.1, -0.05) is 12.1 Å². The second kappa shape index (κ2) is 9.59. The molecule has 3 aromatic rings. The fourth-order valence-corrected chi connectivity index (χ4v) is 3.65. The lowest BCUT2D eigenvalue weighted by atomic mass is 10.2. The van der Waals surface area contributed by atoms with E-state index < -0.39 is 6.10 Å². The van der Waals surface area contributed by atoms with Crippen LogP contribution in [0.1, 0.15) is 19.9 Å². The standard InChI is InChI=1S/C22H30N6O3/c1-15(2)28-22-19(13-24-28)21(27-7-9-30-10-8-27)25-20(26-22)16-5-4-6-18(11-16)31-14-17(29)12-23-3/h4-6,11,13,15,17,23,29H,7-10,12,14H2,1-3H3. The van der Waals surface area contributed by atoms with Gasteiger partial charge in [-0.3, -0.25) is 0 Å². The maximum Gasteiger partial charge on any atom is 0.164 e. The molecule has 0 aliphatic carbocycles. The van der Waals surface area contributed by atoms with Crippen LogP contribution in [-0.2, 0) is 4.74 Å². The maximum absolute atomic E-state index is 9.92. The molecule has 3 heterocycles. The molecule has 9 nitrogen and oxygen atoms in total. The summed E-state index contributed by atoms with van der Waals surface area (Å²) in [5, 5.41) is 18.4. The number of aromatic nitrogens is 4. The summed E-state index contributed by atoms with van der Waals surface area (Å²) in [4.78, 5) is 12.0. The van der Waals surface area contributed by atoms with Gasteiger partial charge in [0.05, 0.1) is 24.8 Å². The van der Waals surface area contributed by atoms with Crippen molar-refractivity contribution in [3.63, 3.8) is 0 Å². The quantitative estimate of drug-likeness (QED) is 0.563. The van der Waals surface area contributed by atoms with E-state index in [4.69, 9.17) is 19.4 Å². The summed E-state index contributed by atoms with van der Waals surface area (Å²) in [5.41, 5.74) is 1.67. The first-order chi connectivity index (χ1) is 15.1. The summed E-state index contributed by atoms with van der Waals surface area (Å²) in [6, 6.07) is 7.84. The topological polar surface area (TPSA) is 97.6 Å². The van der Waals surface area contributed by atoms with E-state index in [-0.39, 0.29) is 12.6 Å². The Hall–Kier alpha value is -2.75. The smallest absolute Gasteiger partial charge is 0.164 e. The molecule has 1 fully saturated rings. The summed E-state index contributed by atoms with van der Waals surface area (Å²) in [6.07, 6.45) is 1.28. The minimum Gasteiger partial charge on any atom is -0.491 e. The molecule has 4 rings (SSSR count). The van der Waals surface area contributed by atoms with E-state index in [2.05, 4.69) is 29.2 Å². The van der Waals surface area contributed by atoms with E-state index in [0.29, 0.717) is 31.3 Å². The van der Waals surface area contributed by atoms with E-state index >= 15 is 0 Å². The lowest BCUT2D eigenvalue weighted by Gasteiger charge is -2.28. The van der Waals surface area contributed by atoms with Crippen LogP contribution < -0.4 is 15.0 Å². The highest BCUT2D eigenvalue weighted by molar-refractivity contribution is 5.89. The maximum atomic E-state index is 9.92. The summed E-state index contributed by atoms with van der Waals surface area (Å²) < 4.78 is 13.2. The molecule has 0 bridgehead atoms. The summed E-state index contributed by atoms with van der Waals surface area (Å²) >= 11 is 0. The van der Waals surface area contributed by atoms with Gasteiger partial charge in [0.2, 0.25) is 0 Å². The van der Waals surface area contributed by atoms with Crippen molar-refractivity contribution in [2.75, 3.05) is 51.4 Å². The number of benzene rings is 1. The largest absolute Gasteiger partial charge is 0.491 e. The molecule has 9 heteroatoms. The zero-order valence-corrected chi connectivity index (χ0v) is 18.3. The van der Waals surface area contributed by atoms with Crippen molar-refractivity contribution in [2.24, 2.45) is 0 Å². The first-order valence-electron chi connectivity index (χ1n) is 10.7. The number of anilines is 1. The molecule has 1 unspecified atom stereocenters. The first kappa shape index (κ1) is 21.5. The molecule has 1 aliphatic heterocycles. The van der Waals surface area contributed by atoms with Gasteiger partial charge in [0.25, 0.3) is 0 Å². The van der Waals surface area contributed by atoms with Gasteiger partial charge < -0.3 is 24.8 Å². The molecule has 0 radical (unpaired) electrons. The molecule has 1 atom stereocenters. The van der Waals surface area contributed by atoms with Crippen LogP contribution in [0.2, 0.25) is 0 Å². The summed E-state index contributed by atoms with van der Waals surface area (Å²) in [6.45, 7) is 7.79. The second-order valence-corrected chi connectivity index (χ2v) is 7.94. The number of hydrogen-bond donors (Lipinski definition) is 2. The minimum absolute atomic E-state index is 0.182. The van der Waals surface area contributed by atoms with Gasteiger partial charge in [-0.25, -0.2) is 14.6 Å². The van der Waals surface area contributed by atoms with E-state index in [1.807, 2.05) is 35.1 Å². The van der Waals surface area contributed by atoms with E-state index in [1.165, 1.54) is 0 Å². The molecule has 1 aromatic carbocycles. The minimum atomic E-state index is -0.574. The van der Waals surface area contributed by atoms with Crippen molar-refractivity contribution >= 4 is 16.9 Å². The van der Waals surface area contributed by atoms with Gasteiger partial charge >= 0.3 is 0 Å². The first-order valence-corrected chi connectivity index (χ1v) is 10.7. The lowest BCUT2D eigenvalue weighted by molar-refractivity contribution is 0.108. The molecule has 2 N–H and O–H groups in total. The Labute approximate surface area is 182 Å². The third-order valence-corrected chi connectivity index (χ3v) is 5.21. The van der Waals surface area contributed by atoms with E-state index in [0.717, 1.165) is 35.5 Å². The van der Waals surface area contributed by atoms with Crippen LogP contribution in [0.4, 0.5) is 5.82 Å². The number of likely N-dealkylation sites (N-methyl/N-ethyl adjacent to an activating group) is 1. The third kappa shape index (κ3) is 4.79. The average molecular weight is 427 g/mol. The highest BCUT2D eigenvalue weighted by atomic mass is 16.5. The number of fused-ring (bicyclic) bond motifs is 1. The fraction of sp³-hybridized carbons (Fsp3) is 0.500. The number of morpholine rings is 1. The fourth-order valence-electron chi connectivity index (χ4n) is 3.65. The normalized spacial score (nSPS) is 15.6. The van der Waals surface area contributed by atoms with Gasteiger partial charge in [-0.15, -0.1) is 0 Å². The van der Waals surface area contributed by atoms with Crippen molar-refractivity contribution < 1.29 is 14.6 Å². The lowest BCUT2D eigenvalue weighted by Crippen LogP contribution is -2.37. The number of nitrogens with one attached hydrogen (secondary N) is 1. The Morgan fingerprint density at radius 1 is 1.23 bits per heavy atom. The molecule has 0 amide bonds. The van der Waals surface area contributed by atoms with Crippen LogP contribution in [0, 0.1) is 0 Å². The Morgan fingerprint density at radius 2 is 2.03 bits per heavy atom. The average Bonchev–Trinajstić information content (AvgIpc) is 3.22. The Kier molecular flexibility index (Phi) is 6.64. The predicted octanol–water partition coefficient (Wildman–Crippen LogP) is 1.87.